The molecule has 20 heavy (non-hydrogen) atoms. The van der Waals surface area contributed by atoms with Crippen molar-refractivity contribution in [1.29, 1.82) is 0 Å². The highest BCUT2D eigenvalue weighted by atomic mass is 19.4. The van der Waals surface area contributed by atoms with Gasteiger partial charge in [0.25, 0.3) is 0 Å². The predicted molar refractivity (Wildman–Crippen MR) is 75.9 cm³/mol. The molecule has 1 rings (SSSR count). The van der Waals surface area contributed by atoms with Gasteiger partial charge in [0.05, 0.1) is 6.54 Å². The van der Waals surface area contributed by atoms with Crippen LogP contribution in [0.15, 0.2) is 0 Å². The fraction of sp³-hybridized carbons (Fsp3) is 1.00. The first-order valence-corrected chi connectivity index (χ1v) is 7.36. The molecule has 1 atom stereocenters. The maximum Gasteiger partial charge on any atom is 0.401 e. The molecule has 1 N–H and O–H groups in total. The quantitative estimate of drug-likeness (QED) is 0.839. The molecule has 0 bridgehead atoms. The molecule has 120 valence electrons. The van der Waals surface area contributed by atoms with Crippen molar-refractivity contribution in [2.45, 2.75) is 39.9 Å². The Bertz CT molecular complexity index is 278. The number of alkyl halides is 3. The summed E-state index contributed by atoms with van der Waals surface area (Å²) in [5.74, 6) is 0. The van der Waals surface area contributed by atoms with Crippen molar-refractivity contribution in [3.8, 4) is 0 Å². The molecule has 0 amide bonds. The smallest absolute Gasteiger partial charge is 0.312 e. The Balaban J connectivity index is 2.41. The minimum Gasteiger partial charge on any atom is -0.312 e. The lowest BCUT2D eigenvalue weighted by atomic mass is 9.86. The third-order valence-electron chi connectivity index (χ3n) is 3.80. The van der Waals surface area contributed by atoms with Gasteiger partial charge in [-0.3, -0.25) is 9.80 Å². The van der Waals surface area contributed by atoms with Crippen LogP contribution in [-0.2, 0) is 0 Å². The zero-order valence-corrected chi connectivity index (χ0v) is 13.1. The third kappa shape index (κ3) is 6.41. The fourth-order valence-corrected chi connectivity index (χ4v) is 2.53. The second-order valence-corrected chi connectivity index (χ2v) is 6.67. The van der Waals surface area contributed by atoms with E-state index in [1.807, 2.05) is 0 Å². The molecule has 1 aliphatic heterocycles. The van der Waals surface area contributed by atoms with Crippen LogP contribution in [0.25, 0.3) is 0 Å². The summed E-state index contributed by atoms with van der Waals surface area (Å²) in [4.78, 5) is 3.77. The van der Waals surface area contributed by atoms with Gasteiger partial charge >= 0.3 is 6.18 Å². The molecule has 1 fully saturated rings. The van der Waals surface area contributed by atoms with E-state index in [-0.39, 0.29) is 5.41 Å². The van der Waals surface area contributed by atoms with E-state index in [4.69, 9.17) is 0 Å². The number of hydrogen-bond donors (Lipinski definition) is 1. The van der Waals surface area contributed by atoms with Crippen LogP contribution >= 0.6 is 0 Å². The van der Waals surface area contributed by atoms with E-state index in [0.29, 0.717) is 32.2 Å². The largest absolute Gasteiger partial charge is 0.401 e. The standard InChI is InChI=1S/C14H28F3N3/c1-5-18-12(13(2,3)4)10-19-6-8-20(9-7-19)11-14(15,16)17/h12,18H,5-11H2,1-4H3. The van der Waals surface area contributed by atoms with E-state index in [1.165, 1.54) is 4.90 Å². The molecular formula is C14H28F3N3. The Kier molecular flexibility index (Phi) is 6.28. The predicted octanol–water partition coefficient (Wildman–Crippen LogP) is 2.19. The van der Waals surface area contributed by atoms with Gasteiger partial charge in [-0.25, -0.2) is 0 Å². The molecule has 0 spiro atoms. The van der Waals surface area contributed by atoms with Crippen molar-refractivity contribution in [3.63, 3.8) is 0 Å². The second-order valence-electron chi connectivity index (χ2n) is 6.67. The molecule has 1 saturated heterocycles. The summed E-state index contributed by atoms with van der Waals surface area (Å²) in [5.41, 5.74) is 0.152. The van der Waals surface area contributed by atoms with Crippen molar-refractivity contribution >= 4 is 0 Å². The summed E-state index contributed by atoms with van der Waals surface area (Å²) in [6.45, 7) is 12.1. The highest BCUT2D eigenvalue weighted by Crippen LogP contribution is 2.21. The first kappa shape index (κ1) is 17.7. The van der Waals surface area contributed by atoms with Gasteiger partial charge in [0.2, 0.25) is 0 Å². The zero-order valence-electron chi connectivity index (χ0n) is 13.1. The van der Waals surface area contributed by atoms with Crippen LogP contribution in [0.1, 0.15) is 27.7 Å². The Hall–Kier alpha value is -0.330. The number of rotatable bonds is 5. The number of hydrogen-bond acceptors (Lipinski definition) is 3. The van der Waals surface area contributed by atoms with E-state index in [2.05, 4.69) is 37.9 Å². The minimum atomic E-state index is -4.08. The maximum atomic E-state index is 12.3. The lowest BCUT2D eigenvalue weighted by molar-refractivity contribution is -0.149. The van der Waals surface area contributed by atoms with E-state index in [9.17, 15) is 13.2 Å². The maximum absolute atomic E-state index is 12.3. The Morgan fingerprint density at radius 2 is 1.50 bits per heavy atom. The Labute approximate surface area is 120 Å². The first-order valence-electron chi connectivity index (χ1n) is 7.36. The Morgan fingerprint density at radius 3 is 1.90 bits per heavy atom. The normalized spacial score (nSPS) is 21.1. The lowest BCUT2D eigenvalue weighted by Crippen LogP contribution is -2.54. The lowest BCUT2D eigenvalue weighted by Gasteiger charge is -2.40. The van der Waals surface area contributed by atoms with Crippen LogP contribution in [0.2, 0.25) is 0 Å². The van der Waals surface area contributed by atoms with Gasteiger partial charge in [-0.15, -0.1) is 0 Å². The van der Waals surface area contributed by atoms with Crippen molar-refractivity contribution in [2.75, 3.05) is 45.8 Å². The van der Waals surface area contributed by atoms with Crippen molar-refractivity contribution in [2.24, 2.45) is 5.41 Å². The van der Waals surface area contributed by atoms with Crippen LogP contribution in [0.3, 0.4) is 0 Å². The van der Waals surface area contributed by atoms with Crippen LogP contribution in [0.5, 0.6) is 0 Å². The zero-order chi connectivity index (χ0) is 15.4. The molecule has 3 nitrogen and oxygen atoms in total. The van der Waals surface area contributed by atoms with E-state index < -0.39 is 12.7 Å². The SMILES string of the molecule is CCNC(CN1CCN(CC(F)(F)F)CC1)C(C)(C)C. The second kappa shape index (κ2) is 7.09. The summed E-state index contributed by atoms with van der Waals surface area (Å²) in [6.07, 6.45) is -4.08. The minimum absolute atomic E-state index is 0.152. The molecule has 0 aromatic carbocycles. The molecule has 0 radical (unpaired) electrons. The number of likely N-dealkylation sites (N-methyl/N-ethyl adjacent to an activating group) is 1. The third-order valence-corrected chi connectivity index (χ3v) is 3.80. The first-order chi connectivity index (χ1) is 9.12. The number of piperazine rings is 1. The van der Waals surface area contributed by atoms with Gasteiger partial charge in [-0.1, -0.05) is 27.7 Å². The average Bonchev–Trinajstić information content (AvgIpc) is 2.28. The molecule has 0 aromatic rings. The topological polar surface area (TPSA) is 18.5 Å². The summed E-state index contributed by atoms with van der Waals surface area (Å²) in [6, 6.07) is 0.363. The van der Waals surface area contributed by atoms with Crippen LogP contribution in [-0.4, -0.2) is 67.8 Å². The molecular weight excluding hydrogens is 267 g/mol. The molecule has 1 aliphatic rings. The fourth-order valence-electron chi connectivity index (χ4n) is 2.53. The highest BCUT2D eigenvalue weighted by Gasteiger charge is 2.33. The van der Waals surface area contributed by atoms with Gasteiger partial charge < -0.3 is 5.32 Å². The number of nitrogens with one attached hydrogen (secondary N) is 1. The summed E-state index contributed by atoms with van der Waals surface area (Å²) >= 11 is 0. The van der Waals surface area contributed by atoms with Crippen molar-refractivity contribution in [1.82, 2.24) is 15.1 Å². The van der Waals surface area contributed by atoms with Crippen LogP contribution in [0.4, 0.5) is 13.2 Å². The van der Waals surface area contributed by atoms with E-state index >= 15 is 0 Å². The molecule has 6 heteroatoms. The average molecular weight is 295 g/mol. The number of halogens is 3. The molecule has 0 aromatic heterocycles. The van der Waals surface area contributed by atoms with Gasteiger partial charge in [-0.05, 0) is 12.0 Å². The summed E-state index contributed by atoms with van der Waals surface area (Å²) in [7, 11) is 0. The van der Waals surface area contributed by atoms with Gasteiger partial charge in [0, 0.05) is 38.8 Å². The van der Waals surface area contributed by atoms with Gasteiger partial charge in [-0.2, -0.15) is 13.2 Å². The van der Waals surface area contributed by atoms with Crippen LogP contribution in [0, 0.1) is 5.41 Å². The number of nitrogens with zero attached hydrogens (tertiary/aromatic N) is 2. The van der Waals surface area contributed by atoms with Gasteiger partial charge in [0.1, 0.15) is 0 Å². The van der Waals surface area contributed by atoms with Gasteiger partial charge in [0.15, 0.2) is 0 Å². The van der Waals surface area contributed by atoms with Crippen molar-refractivity contribution < 1.29 is 13.2 Å². The molecule has 1 unspecified atom stereocenters. The van der Waals surface area contributed by atoms with E-state index in [1.54, 1.807) is 0 Å². The van der Waals surface area contributed by atoms with E-state index in [0.717, 1.165) is 13.1 Å². The Morgan fingerprint density at radius 1 is 1.00 bits per heavy atom. The summed E-state index contributed by atoms with van der Waals surface area (Å²) < 4.78 is 37.0. The highest BCUT2D eigenvalue weighted by molar-refractivity contribution is 4.85. The molecule has 0 saturated carbocycles. The molecule has 0 aliphatic carbocycles. The molecule has 1 heterocycles. The summed E-state index contributed by atoms with van der Waals surface area (Å²) in [5, 5.41) is 3.48. The van der Waals surface area contributed by atoms with Crippen LogP contribution < -0.4 is 5.32 Å². The monoisotopic (exact) mass is 295 g/mol. The van der Waals surface area contributed by atoms with Crippen molar-refractivity contribution in [3.05, 3.63) is 0 Å².